The van der Waals surface area contributed by atoms with Crippen molar-refractivity contribution in [3.05, 3.63) is 29.3 Å². The van der Waals surface area contributed by atoms with Crippen LogP contribution in [0.3, 0.4) is 0 Å². The molecule has 0 aliphatic rings. The summed E-state index contributed by atoms with van der Waals surface area (Å²) in [6.07, 6.45) is 0. The van der Waals surface area contributed by atoms with Gasteiger partial charge in [-0.05, 0) is 18.2 Å². The first-order chi connectivity index (χ1) is 8.95. The molecule has 6 nitrogen and oxygen atoms in total. The first kappa shape index (κ1) is 15.4. The fourth-order valence-electron chi connectivity index (χ4n) is 1.53. The van der Waals surface area contributed by atoms with Gasteiger partial charge in [-0.15, -0.1) is 0 Å². The van der Waals surface area contributed by atoms with Crippen LogP contribution in [0.4, 0.5) is 5.69 Å². The second kappa shape index (κ2) is 7.08. The van der Waals surface area contributed by atoms with Crippen LogP contribution in [0.1, 0.15) is 0 Å². The molecular weight excluding hydrogens is 272 g/mol. The first-order valence-corrected chi connectivity index (χ1v) is 5.86. The number of hydrogen-bond donors (Lipinski definition) is 2. The topological polar surface area (TPSA) is 92.9 Å². The highest BCUT2D eigenvalue weighted by Gasteiger charge is 2.24. The number of benzene rings is 1. The second-order valence-electron chi connectivity index (χ2n) is 3.86. The molecule has 7 heteroatoms. The van der Waals surface area contributed by atoms with E-state index in [1.54, 1.807) is 18.2 Å². The molecule has 1 aromatic carbocycles. The van der Waals surface area contributed by atoms with Crippen LogP contribution < -0.4 is 10.6 Å². The summed E-state index contributed by atoms with van der Waals surface area (Å²) in [6, 6.07) is 5.42. The monoisotopic (exact) mass is 286 g/mol. The molecule has 0 radical (unpaired) electrons. The van der Waals surface area contributed by atoms with E-state index in [-0.39, 0.29) is 6.61 Å². The molecule has 0 aliphatic carbocycles. The summed E-state index contributed by atoms with van der Waals surface area (Å²) in [4.78, 5) is 24.0. The van der Waals surface area contributed by atoms with Gasteiger partial charge in [-0.25, -0.2) is 0 Å². The Kier molecular flexibility index (Phi) is 5.75. The molecule has 1 rings (SSSR count). The molecule has 1 amide bonds. The number of rotatable bonds is 6. The number of amides is 1. The lowest BCUT2D eigenvalue weighted by Gasteiger charge is -2.24. The van der Waals surface area contributed by atoms with Crippen LogP contribution in [0, 0.1) is 0 Å². The van der Waals surface area contributed by atoms with Crippen molar-refractivity contribution in [1.29, 1.82) is 0 Å². The van der Waals surface area contributed by atoms with Crippen LogP contribution in [0.2, 0.25) is 5.02 Å². The van der Waals surface area contributed by atoms with Gasteiger partial charge in [0.05, 0.1) is 6.61 Å². The van der Waals surface area contributed by atoms with Gasteiger partial charge in [-0.1, -0.05) is 17.7 Å². The van der Waals surface area contributed by atoms with Gasteiger partial charge in [0.1, 0.15) is 12.6 Å². The average Bonchev–Trinajstić information content (AvgIpc) is 2.35. The molecule has 0 fully saturated rings. The smallest absolute Gasteiger partial charge is 0.323 e. The van der Waals surface area contributed by atoms with E-state index in [2.05, 4.69) is 0 Å². The minimum absolute atomic E-state index is 0.00944. The van der Waals surface area contributed by atoms with Crippen LogP contribution in [0.25, 0.3) is 0 Å². The molecule has 0 spiro atoms. The molecule has 0 aliphatic heterocycles. The van der Waals surface area contributed by atoms with Crippen LogP contribution in [-0.4, -0.2) is 43.3 Å². The van der Waals surface area contributed by atoms with E-state index in [1.165, 1.54) is 13.2 Å². The third kappa shape index (κ3) is 4.51. The molecular formula is C12H15ClN2O4. The van der Waals surface area contributed by atoms with Gasteiger partial charge < -0.3 is 15.6 Å². The highest BCUT2D eigenvalue weighted by molar-refractivity contribution is 6.31. The van der Waals surface area contributed by atoms with E-state index in [4.69, 9.17) is 27.2 Å². The normalized spacial score (nSPS) is 11.9. The molecule has 1 aromatic rings. The van der Waals surface area contributed by atoms with Crippen molar-refractivity contribution in [2.75, 3.05) is 25.2 Å². The standard InChI is InChI=1S/C12H15ClN2O4/c1-19-7-10(14)12(18)15(6-11(16)17)9-4-2-3-8(13)5-9/h2-5,10H,6-7,14H2,1H3,(H,16,17). The predicted molar refractivity (Wildman–Crippen MR) is 71.3 cm³/mol. The Balaban J connectivity index is 3.00. The van der Waals surface area contributed by atoms with Gasteiger partial charge in [0.25, 0.3) is 0 Å². The van der Waals surface area contributed by atoms with E-state index in [1.807, 2.05) is 0 Å². The van der Waals surface area contributed by atoms with Crippen molar-refractivity contribution < 1.29 is 19.4 Å². The van der Waals surface area contributed by atoms with Gasteiger partial charge in [-0.3, -0.25) is 14.5 Å². The zero-order valence-corrected chi connectivity index (χ0v) is 11.1. The summed E-state index contributed by atoms with van der Waals surface area (Å²) in [5.74, 6) is -1.68. The Morgan fingerprint density at radius 1 is 1.53 bits per heavy atom. The summed E-state index contributed by atoms with van der Waals surface area (Å²) >= 11 is 5.83. The zero-order chi connectivity index (χ0) is 14.4. The number of anilines is 1. The molecule has 0 saturated heterocycles. The van der Waals surface area contributed by atoms with E-state index in [9.17, 15) is 9.59 Å². The Labute approximate surface area is 115 Å². The number of halogens is 1. The van der Waals surface area contributed by atoms with Gasteiger partial charge >= 0.3 is 5.97 Å². The van der Waals surface area contributed by atoms with E-state index in [0.29, 0.717) is 10.7 Å². The zero-order valence-electron chi connectivity index (χ0n) is 10.4. The molecule has 0 saturated carbocycles. The van der Waals surface area contributed by atoms with E-state index < -0.39 is 24.5 Å². The number of nitrogens with zero attached hydrogens (tertiary/aromatic N) is 1. The third-order valence-electron chi connectivity index (χ3n) is 2.34. The highest BCUT2D eigenvalue weighted by Crippen LogP contribution is 2.20. The SMILES string of the molecule is COCC(N)C(=O)N(CC(=O)O)c1cccc(Cl)c1. The molecule has 1 unspecified atom stereocenters. The molecule has 19 heavy (non-hydrogen) atoms. The summed E-state index contributed by atoms with van der Waals surface area (Å²) in [5.41, 5.74) is 6.02. The second-order valence-corrected chi connectivity index (χ2v) is 4.30. The van der Waals surface area contributed by atoms with E-state index >= 15 is 0 Å². The minimum atomic E-state index is -1.14. The number of carbonyl (C=O) groups is 2. The maximum Gasteiger partial charge on any atom is 0.323 e. The largest absolute Gasteiger partial charge is 0.480 e. The lowest BCUT2D eigenvalue weighted by atomic mass is 10.2. The fraction of sp³-hybridized carbons (Fsp3) is 0.333. The van der Waals surface area contributed by atoms with Crippen LogP contribution in [0.5, 0.6) is 0 Å². The van der Waals surface area contributed by atoms with Crippen molar-refractivity contribution in [2.45, 2.75) is 6.04 Å². The number of hydrogen-bond acceptors (Lipinski definition) is 4. The van der Waals surface area contributed by atoms with Crippen LogP contribution >= 0.6 is 11.6 Å². The lowest BCUT2D eigenvalue weighted by molar-refractivity contribution is -0.137. The number of methoxy groups -OCH3 is 1. The van der Waals surface area contributed by atoms with E-state index in [0.717, 1.165) is 4.90 Å². The number of aliphatic carboxylic acids is 1. The fourth-order valence-corrected chi connectivity index (χ4v) is 1.71. The molecule has 0 heterocycles. The summed E-state index contributed by atoms with van der Waals surface area (Å²) in [5, 5.41) is 9.28. The van der Waals surface area contributed by atoms with Gasteiger partial charge in [0, 0.05) is 17.8 Å². The number of carboxylic acid groups (broad SMARTS) is 1. The van der Waals surface area contributed by atoms with Crippen LogP contribution in [-0.2, 0) is 14.3 Å². The van der Waals surface area contributed by atoms with Crippen molar-refractivity contribution >= 4 is 29.2 Å². The Hall–Kier alpha value is -1.63. The third-order valence-corrected chi connectivity index (χ3v) is 2.58. The Morgan fingerprint density at radius 3 is 2.74 bits per heavy atom. The minimum Gasteiger partial charge on any atom is -0.480 e. The van der Waals surface area contributed by atoms with Crippen molar-refractivity contribution in [1.82, 2.24) is 0 Å². The molecule has 104 valence electrons. The maximum atomic E-state index is 12.1. The summed E-state index contributed by atoms with van der Waals surface area (Å²) in [7, 11) is 1.41. The average molecular weight is 287 g/mol. The van der Waals surface area contributed by atoms with Gasteiger partial charge in [-0.2, -0.15) is 0 Å². The number of nitrogens with two attached hydrogens (primary N) is 1. The lowest BCUT2D eigenvalue weighted by Crippen LogP contribution is -2.48. The number of ether oxygens (including phenoxy) is 1. The quantitative estimate of drug-likeness (QED) is 0.804. The van der Waals surface area contributed by atoms with Gasteiger partial charge in [0.2, 0.25) is 5.91 Å². The maximum absolute atomic E-state index is 12.1. The number of carbonyl (C=O) groups excluding carboxylic acids is 1. The summed E-state index contributed by atoms with van der Waals surface area (Å²) in [6.45, 7) is -0.480. The Morgan fingerprint density at radius 2 is 2.21 bits per heavy atom. The molecule has 0 aromatic heterocycles. The Bertz CT molecular complexity index is 467. The van der Waals surface area contributed by atoms with Crippen molar-refractivity contribution in [3.63, 3.8) is 0 Å². The molecule has 0 bridgehead atoms. The predicted octanol–water partition coefficient (Wildman–Crippen LogP) is 0.731. The van der Waals surface area contributed by atoms with Crippen molar-refractivity contribution in [2.24, 2.45) is 5.73 Å². The number of carboxylic acids is 1. The molecule has 1 atom stereocenters. The summed E-state index contributed by atoms with van der Waals surface area (Å²) < 4.78 is 4.79. The van der Waals surface area contributed by atoms with Gasteiger partial charge in [0.15, 0.2) is 0 Å². The van der Waals surface area contributed by atoms with Crippen molar-refractivity contribution in [3.8, 4) is 0 Å². The first-order valence-electron chi connectivity index (χ1n) is 5.49. The van der Waals surface area contributed by atoms with Crippen LogP contribution in [0.15, 0.2) is 24.3 Å². The molecule has 3 N–H and O–H groups in total. The highest BCUT2D eigenvalue weighted by atomic mass is 35.5.